The first-order chi connectivity index (χ1) is 10.9. The molecule has 1 aromatic rings. The van der Waals surface area contributed by atoms with Crippen LogP contribution in [0, 0.1) is 0 Å². The number of halogens is 12. The fraction of sp³-hybridized carbons (Fsp3) is 0.700. The highest BCUT2D eigenvalue weighted by Gasteiger charge is 2.86. The van der Waals surface area contributed by atoms with E-state index in [1.54, 1.807) is 0 Å². The minimum absolute atomic E-state index is 0.485. The van der Waals surface area contributed by atoms with Crippen molar-refractivity contribution in [3.63, 3.8) is 0 Å². The molecule has 146 valence electrons. The monoisotopic (exact) mass is 398 g/mol. The molecule has 0 saturated carbocycles. The average Bonchev–Trinajstić information content (AvgIpc) is 2.68. The van der Waals surface area contributed by atoms with Gasteiger partial charge in [0.1, 0.15) is 0 Å². The Morgan fingerprint density at radius 2 is 1.24 bits per heavy atom. The number of ether oxygens (including phenoxy) is 1. The van der Waals surface area contributed by atoms with Gasteiger partial charge in [0.2, 0.25) is 5.88 Å². The third kappa shape index (κ3) is 3.31. The van der Waals surface area contributed by atoms with E-state index >= 15 is 0 Å². The number of rotatable bonds is 3. The Bertz CT molecular complexity index is 569. The van der Waals surface area contributed by atoms with Gasteiger partial charge in [-0.25, -0.2) is 4.68 Å². The summed E-state index contributed by atoms with van der Waals surface area (Å²) < 4.78 is 156. The van der Waals surface area contributed by atoms with E-state index in [1.807, 2.05) is 5.10 Å². The molecule has 15 heteroatoms. The van der Waals surface area contributed by atoms with Gasteiger partial charge in [0.25, 0.3) is 0 Å². The highest BCUT2D eigenvalue weighted by molar-refractivity contribution is 5.24. The maximum absolute atomic E-state index is 12.9. The van der Waals surface area contributed by atoms with Crippen LogP contribution in [0.2, 0.25) is 0 Å². The van der Waals surface area contributed by atoms with E-state index in [4.69, 9.17) is 0 Å². The van der Waals surface area contributed by atoms with E-state index in [-0.39, 0.29) is 0 Å². The summed E-state index contributed by atoms with van der Waals surface area (Å²) in [6, 6.07) is -0.485. The van der Waals surface area contributed by atoms with Gasteiger partial charge in [-0.05, 0) is 6.92 Å². The molecule has 0 amide bonds. The second kappa shape index (κ2) is 5.86. The van der Waals surface area contributed by atoms with Crippen LogP contribution in [0.15, 0.2) is 6.07 Å². The first-order valence-corrected chi connectivity index (χ1v) is 5.92. The van der Waals surface area contributed by atoms with Crippen molar-refractivity contribution < 1.29 is 57.4 Å². The van der Waals surface area contributed by atoms with Crippen molar-refractivity contribution in [2.45, 2.75) is 37.2 Å². The lowest BCUT2D eigenvalue weighted by Crippen LogP contribution is -2.67. The summed E-state index contributed by atoms with van der Waals surface area (Å²) in [6.07, 6.45) is -27.0. The third-order valence-electron chi connectivity index (χ3n) is 2.81. The van der Waals surface area contributed by atoms with Crippen molar-refractivity contribution in [3.8, 4) is 5.88 Å². The molecule has 1 aromatic heterocycles. The highest BCUT2D eigenvalue weighted by atomic mass is 19.4. The van der Waals surface area contributed by atoms with Crippen LogP contribution in [0.5, 0.6) is 5.88 Å². The molecule has 0 saturated heterocycles. The molecule has 0 aliphatic rings. The maximum Gasteiger partial charge on any atom is 0.435 e. The normalized spacial score (nSPS) is 14.8. The SMILES string of the molecule is CCOc1cc(C(F)(F)F)nn1C(C(F)(F)F)(C(F)(F)F)C(F)(F)F. The van der Waals surface area contributed by atoms with E-state index in [1.165, 1.54) is 0 Å². The fourth-order valence-corrected chi connectivity index (χ4v) is 1.84. The number of hydrogen-bond acceptors (Lipinski definition) is 2. The number of aromatic nitrogens is 2. The Hall–Kier alpha value is -1.83. The molecular formula is C10H6F12N2O. The second-order valence-electron chi connectivity index (χ2n) is 4.41. The van der Waals surface area contributed by atoms with Crippen molar-refractivity contribution in [2.75, 3.05) is 6.61 Å². The van der Waals surface area contributed by atoms with Crippen LogP contribution < -0.4 is 4.74 Å². The zero-order valence-electron chi connectivity index (χ0n) is 11.6. The van der Waals surface area contributed by atoms with Crippen LogP contribution >= 0.6 is 0 Å². The summed E-state index contributed by atoms with van der Waals surface area (Å²) in [4.78, 5) is 0. The predicted molar refractivity (Wildman–Crippen MR) is 54.5 cm³/mol. The van der Waals surface area contributed by atoms with Gasteiger partial charge < -0.3 is 4.74 Å². The molecule has 0 unspecified atom stereocenters. The predicted octanol–water partition coefficient (Wildman–Crippen LogP) is 4.68. The zero-order chi connectivity index (χ0) is 20.1. The molecule has 0 aliphatic carbocycles. The molecule has 0 bridgehead atoms. The molecule has 0 N–H and O–H groups in total. The highest BCUT2D eigenvalue weighted by Crippen LogP contribution is 2.58. The number of nitrogens with zero attached hydrogens (tertiary/aromatic N) is 2. The molecule has 0 atom stereocenters. The van der Waals surface area contributed by atoms with Crippen molar-refractivity contribution in [1.29, 1.82) is 0 Å². The van der Waals surface area contributed by atoms with Crippen LogP contribution in [0.1, 0.15) is 12.6 Å². The first kappa shape index (κ1) is 21.2. The Morgan fingerprint density at radius 1 is 0.840 bits per heavy atom. The average molecular weight is 398 g/mol. The van der Waals surface area contributed by atoms with Crippen LogP contribution in [-0.2, 0) is 11.7 Å². The van der Waals surface area contributed by atoms with Gasteiger partial charge in [0.15, 0.2) is 5.69 Å². The van der Waals surface area contributed by atoms with E-state index < -0.39 is 59.2 Å². The molecule has 0 aromatic carbocycles. The molecule has 1 rings (SSSR count). The van der Waals surface area contributed by atoms with Crippen molar-refractivity contribution in [2.24, 2.45) is 0 Å². The smallest absolute Gasteiger partial charge is 0.435 e. The summed E-state index contributed by atoms with van der Waals surface area (Å²) >= 11 is 0. The van der Waals surface area contributed by atoms with Crippen molar-refractivity contribution >= 4 is 0 Å². The van der Waals surface area contributed by atoms with Gasteiger partial charge in [-0.3, -0.25) is 0 Å². The third-order valence-corrected chi connectivity index (χ3v) is 2.81. The molecular weight excluding hydrogens is 392 g/mol. The van der Waals surface area contributed by atoms with Gasteiger partial charge in [0.05, 0.1) is 6.61 Å². The summed E-state index contributed by atoms with van der Waals surface area (Å²) in [6.45, 7) is 0.0910. The summed E-state index contributed by atoms with van der Waals surface area (Å²) in [5, 5.41) is 1.88. The minimum Gasteiger partial charge on any atom is -0.478 e. The van der Waals surface area contributed by atoms with Crippen LogP contribution in [0.4, 0.5) is 52.7 Å². The van der Waals surface area contributed by atoms with E-state index in [9.17, 15) is 52.7 Å². The number of hydrogen-bond donors (Lipinski definition) is 0. The quantitative estimate of drug-likeness (QED) is 0.692. The topological polar surface area (TPSA) is 27.1 Å². The standard InChI is InChI=1S/C10H6F12N2O/c1-2-25-5-3-4(6(11,12)13)23-24(5)7(8(14,15)16,9(17,18)19)10(20,21)22/h3H,2H2,1H3. The Balaban J connectivity index is 3.99. The van der Waals surface area contributed by atoms with Gasteiger partial charge in [0, 0.05) is 6.07 Å². The molecule has 3 nitrogen and oxygen atoms in total. The maximum atomic E-state index is 12.9. The molecule has 0 radical (unpaired) electrons. The number of alkyl halides is 12. The van der Waals surface area contributed by atoms with Crippen LogP contribution in [0.3, 0.4) is 0 Å². The van der Waals surface area contributed by atoms with Gasteiger partial charge in [-0.1, -0.05) is 0 Å². The van der Waals surface area contributed by atoms with Gasteiger partial charge in [-0.15, -0.1) is 0 Å². The first-order valence-electron chi connectivity index (χ1n) is 5.92. The summed E-state index contributed by atoms with van der Waals surface area (Å²) in [7, 11) is 0. The molecule has 1 heterocycles. The van der Waals surface area contributed by atoms with E-state index in [0.29, 0.717) is 0 Å². The largest absolute Gasteiger partial charge is 0.478 e. The minimum atomic E-state index is -7.13. The van der Waals surface area contributed by atoms with E-state index in [2.05, 4.69) is 4.74 Å². The summed E-state index contributed by atoms with van der Waals surface area (Å²) in [5.41, 5.74) is -9.15. The lowest BCUT2D eigenvalue weighted by Gasteiger charge is -2.38. The lowest BCUT2D eigenvalue weighted by atomic mass is 9.97. The molecule has 0 fully saturated rings. The zero-order valence-corrected chi connectivity index (χ0v) is 11.6. The molecule has 25 heavy (non-hydrogen) atoms. The van der Waals surface area contributed by atoms with E-state index in [0.717, 1.165) is 6.92 Å². The fourth-order valence-electron chi connectivity index (χ4n) is 1.84. The summed E-state index contributed by atoms with van der Waals surface area (Å²) in [5.74, 6) is -2.00. The van der Waals surface area contributed by atoms with Crippen LogP contribution in [-0.4, -0.2) is 34.9 Å². The van der Waals surface area contributed by atoms with Gasteiger partial charge in [-0.2, -0.15) is 57.8 Å². The Morgan fingerprint density at radius 3 is 1.52 bits per heavy atom. The second-order valence-corrected chi connectivity index (χ2v) is 4.41. The Labute approximate surface area is 130 Å². The molecule has 0 spiro atoms. The van der Waals surface area contributed by atoms with Crippen molar-refractivity contribution in [1.82, 2.24) is 9.78 Å². The van der Waals surface area contributed by atoms with Crippen LogP contribution in [0.25, 0.3) is 0 Å². The van der Waals surface area contributed by atoms with Gasteiger partial charge >= 0.3 is 30.2 Å². The lowest BCUT2D eigenvalue weighted by molar-refractivity contribution is -0.416. The van der Waals surface area contributed by atoms with Crippen molar-refractivity contribution in [3.05, 3.63) is 11.8 Å². The molecule has 0 aliphatic heterocycles. The Kier molecular flexibility index (Phi) is 4.97.